The molecule has 8 nitrogen and oxygen atoms in total. The van der Waals surface area contributed by atoms with Crippen LogP contribution in [0.25, 0.3) is 0 Å². The Morgan fingerprint density at radius 3 is 2.60 bits per heavy atom. The van der Waals surface area contributed by atoms with Crippen LogP contribution in [-0.4, -0.2) is 58.1 Å². The zero-order valence-electron chi connectivity index (χ0n) is 16.5. The van der Waals surface area contributed by atoms with Gasteiger partial charge in [-0.05, 0) is 37.3 Å². The van der Waals surface area contributed by atoms with Crippen LogP contribution < -0.4 is 14.8 Å². The molecule has 1 aliphatic heterocycles. The first-order valence-corrected chi connectivity index (χ1v) is 11.3. The predicted octanol–water partition coefficient (Wildman–Crippen LogP) is 2.78. The Morgan fingerprint density at radius 2 is 1.87 bits per heavy atom. The fourth-order valence-corrected chi connectivity index (χ4v) is 4.71. The SMILES string of the molecule is CCOc1ccccc1NC(=O)COc1ccc(Cl)cc1S(=O)(=O)N1CCOCC1. The van der Waals surface area contributed by atoms with Crippen LogP contribution in [0.1, 0.15) is 6.92 Å². The van der Waals surface area contributed by atoms with Gasteiger partial charge < -0.3 is 19.5 Å². The molecule has 1 aliphatic rings. The third-order valence-electron chi connectivity index (χ3n) is 4.31. The summed E-state index contributed by atoms with van der Waals surface area (Å²) in [6.07, 6.45) is 0. The third kappa shape index (κ3) is 5.42. The lowest BCUT2D eigenvalue weighted by molar-refractivity contribution is -0.118. The Labute approximate surface area is 180 Å². The average molecular weight is 455 g/mol. The van der Waals surface area contributed by atoms with Crippen molar-refractivity contribution < 1.29 is 27.4 Å². The van der Waals surface area contributed by atoms with Crippen molar-refractivity contribution in [3.8, 4) is 11.5 Å². The quantitative estimate of drug-likeness (QED) is 0.659. The van der Waals surface area contributed by atoms with Gasteiger partial charge in [-0.15, -0.1) is 0 Å². The van der Waals surface area contributed by atoms with E-state index in [1.54, 1.807) is 24.3 Å². The first-order valence-electron chi connectivity index (χ1n) is 9.43. The molecule has 1 N–H and O–H groups in total. The number of nitrogens with one attached hydrogen (secondary N) is 1. The average Bonchev–Trinajstić information content (AvgIpc) is 2.75. The Bertz CT molecular complexity index is 993. The van der Waals surface area contributed by atoms with E-state index in [9.17, 15) is 13.2 Å². The minimum Gasteiger partial charge on any atom is -0.492 e. The first-order chi connectivity index (χ1) is 14.4. The molecule has 3 rings (SSSR count). The summed E-state index contributed by atoms with van der Waals surface area (Å²) in [4.78, 5) is 12.3. The molecule has 0 saturated carbocycles. The Hall–Kier alpha value is -2.33. The minimum absolute atomic E-state index is 0.0548. The number of sulfonamides is 1. The normalized spacial score (nSPS) is 14.9. The van der Waals surface area contributed by atoms with Gasteiger partial charge in [0.2, 0.25) is 10.0 Å². The molecule has 2 aromatic rings. The number of ether oxygens (including phenoxy) is 3. The summed E-state index contributed by atoms with van der Waals surface area (Å²) in [5.74, 6) is 0.140. The highest BCUT2D eigenvalue weighted by molar-refractivity contribution is 7.89. The maximum absolute atomic E-state index is 13.0. The van der Waals surface area contributed by atoms with Crippen molar-refractivity contribution in [3.63, 3.8) is 0 Å². The Morgan fingerprint density at radius 1 is 1.13 bits per heavy atom. The van der Waals surface area contributed by atoms with Crippen molar-refractivity contribution >= 4 is 33.2 Å². The van der Waals surface area contributed by atoms with Crippen LogP contribution in [0.4, 0.5) is 5.69 Å². The number of halogens is 1. The maximum atomic E-state index is 13.0. The van der Waals surface area contributed by atoms with Crippen LogP contribution in [0.5, 0.6) is 11.5 Å². The third-order valence-corrected chi connectivity index (χ3v) is 6.47. The van der Waals surface area contributed by atoms with Crippen molar-refractivity contribution in [2.45, 2.75) is 11.8 Å². The van der Waals surface area contributed by atoms with Crippen LogP contribution in [-0.2, 0) is 19.6 Å². The highest BCUT2D eigenvalue weighted by Gasteiger charge is 2.29. The van der Waals surface area contributed by atoms with E-state index in [4.69, 9.17) is 25.8 Å². The van der Waals surface area contributed by atoms with E-state index in [-0.39, 0.29) is 35.4 Å². The largest absolute Gasteiger partial charge is 0.492 e. The highest BCUT2D eigenvalue weighted by atomic mass is 35.5. The number of benzene rings is 2. The molecule has 2 aromatic carbocycles. The highest BCUT2D eigenvalue weighted by Crippen LogP contribution is 2.30. The molecule has 0 aromatic heterocycles. The van der Waals surface area contributed by atoms with E-state index in [1.807, 2.05) is 6.92 Å². The summed E-state index contributed by atoms with van der Waals surface area (Å²) in [6.45, 7) is 3.03. The van der Waals surface area contributed by atoms with Gasteiger partial charge >= 0.3 is 0 Å². The number of nitrogens with zero attached hydrogens (tertiary/aromatic N) is 1. The van der Waals surface area contributed by atoms with Crippen LogP contribution in [0, 0.1) is 0 Å². The molecule has 0 aliphatic carbocycles. The second kappa shape index (κ2) is 10.1. The lowest BCUT2D eigenvalue weighted by Gasteiger charge is -2.26. The summed E-state index contributed by atoms with van der Waals surface area (Å²) in [5, 5.41) is 2.96. The fraction of sp³-hybridized carbons (Fsp3) is 0.350. The van der Waals surface area contributed by atoms with E-state index < -0.39 is 15.9 Å². The molecule has 30 heavy (non-hydrogen) atoms. The predicted molar refractivity (Wildman–Crippen MR) is 113 cm³/mol. The van der Waals surface area contributed by atoms with Crippen LogP contribution in [0.3, 0.4) is 0 Å². The molecule has 162 valence electrons. The zero-order chi connectivity index (χ0) is 21.6. The summed E-state index contributed by atoms with van der Waals surface area (Å²) in [5.41, 5.74) is 0.505. The Balaban J connectivity index is 1.74. The number of carbonyl (C=O) groups excluding carboxylic acids is 1. The molecule has 10 heteroatoms. The van der Waals surface area contributed by atoms with Crippen molar-refractivity contribution in [1.82, 2.24) is 4.31 Å². The van der Waals surface area contributed by atoms with Crippen molar-refractivity contribution in [1.29, 1.82) is 0 Å². The lowest BCUT2D eigenvalue weighted by atomic mass is 10.3. The monoisotopic (exact) mass is 454 g/mol. The van der Waals surface area contributed by atoms with E-state index in [0.29, 0.717) is 31.3 Å². The van der Waals surface area contributed by atoms with Crippen molar-refractivity contribution in [2.75, 3.05) is 44.8 Å². The smallest absolute Gasteiger partial charge is 0.262 e. The van der Waals surface area contributed by atoms with Crippen LogP contribution in [0.2, 0.25) is 5.02 Å². The van der Waals surface area contributed by atoms with Gasteiger partial charge in [-0.1, -0.05) is 23.7 Å². The minimum atomic E-state index is -3.84. The summed E-state index contributed by atoms with van der Waals surface area (Å²) in [6, 6.07) is 11.3. The molecule has 1 amide bonds. The van der Waals surface area contributed by atoms with Crippen molar-refractivity contribution in [2.24, 2.45) is 0 Å². The van der Waals surface area contributed by atoms with Gasteiger partial charge in [-0.25, -0.2) is 8.42 Å². The molecule has 0 radical (unpaired) electrons. The van der Waals surface area contributed by atoms with Gasteiger partial charge in [0.1, 0.15) is 16.4 Å². The van der Waals surface area contributed by atoms with Crippen molar-refractivity contribution in [3.05, 3.63) is 47.5 Å². The number of morpholine rings is 1. The molecular weight excluding hydrogens is 432 g/mol. The van der Waals surface area contributed by atoms with Crippen LogP contribution in [0.15, 0.2) is 47.4 Å². The first kappa shape index (κ1) is 22.4. The van der Waals surface area contributed by atoms with Crippen LogP contribution >= 0.6 is 11.6 Å². The van der Waals surface area contributed by atoms with E-state index >= 15 is 0 Å². The second-order valence-corrected chi connectivity index (χ2v) is 8.72. The summed E-state index contributed by atoms with van der Waals surface area (Å²) < 4.78 is 43.6. The van der Waals surface area contributed by atoms with Gasteiger partial charge in [-0.2, -0.15) is 4.31 Å². The number of anilines is 1. The number of rotatable bonds is 8. The molecular formula is C20H23ClN2O6S. The molecule has 0 bridgehead atoms. The Kier molecular flexibility index (Phi) is 7.54. The fourth-order valence-electron chi connectivity index (χ4n) is 2.91. The van der Waals surface area contributed by atoms with Gasteiger partial charge in [0.05, 0.1) is 25.5 Å². The topological polar surface area (TPSA) is 94.2 Å². The summed E-state index contributed by atoms with van der Waals surface area (Å²) in [7, 11) is -3.84. The number of hydrogen-bond acceptors (Lipinski definition) is 6. The molecule has 1 heterocycles. The number of amides is 1. The zero-order valence-corrected chi connectivity index (χ0v) is 18.0. The molecule has 0 unspecified atom stereocenters. The standard InChI is InChI=1S/C20H23ClN2O6S/c1-2-28-17-6-4-3-5-16(17)22-20(24)14-29-18-8-7-15(21)13-19(18)30(25,26)23-9-11-27-12-10-23/h3-8,13H,2,9-12,14H2,1H3,(H,22,24). The van der Waals surface area contributed by atoms with E-state index in [1.165, 1.54) is 22.5 Å². The molecule has 1 fully saturated rings. The number of carbonyl (C=O) groups is 1. The maximum Gasteiger partial charge on any atom is 0.262 e. The molecule has 1 saturated heterocycles. The molecule has 0 spiro atoms. The van der Waals surface area contributed by atoms with Gasteiger partial charge in [0, 0.05) is 18.1 Å². The number of para-hydroxylation sites is 2. The van der Waals surface area contributed by atoms with Gasteiger partial charge in [0.25, 0.3) is 5.91 Å². The lowest BCUT2D eigenvalue weighted by Crippen LogP contribution is -2.40. The van der Waals surface area contributed by atoms with Gasteiger partial charge in [0.15, 0.2) is 6.61 Å². The van der Waals surface area contributed by atoms with Gasteiger partial charge in [-0.3, -0.25) is 4.79 Å². The number of hydrogen-bond donors (Lipinski definition) is 1. The van der Waals surface area contributed by atoms with E-state index in [2.05, 4.69) is 5.32 Å². The summed E-state index contributed by atoms with van der Waals surface area (Å²) >= 11 is 6.02. The molecule has 0 atom stereocenters. The van der Waals surface area contributed by atoms with E-state index in [0.717, 1.165) is 0 Å². The second-order valence-electron chi connectivity index (χ2n) is 6.37.